The molecule has 1 atom stereocenters. The Balaban J connectivity index is 1.76. The Bertz CT molecular complexity index is 1040. The van der Waals surface area contributed by atoms with Crippen molar-refractivity contribution in [3.63, 3.8) is 0 Å². The van der Waals surface area contributed by atoms with Crippen molar-refractivity contribution in [2.45, 2.75) is 19.0 Å². The first-order valence-corrected chi connectivity index (χ1v) is 9.79. The lowest BCUT2D eigenvalue weighted by molar-refractivity contribution is -0.385. The van der Waals surface area contributed by atoms with Crippen LogP contribution in [0.2, 0.25) is 0 Å². The Kier molecular flexibility index (Phi) is 5.88. The fourth-order valence-corrected chi connectivity index (χ4v) is 3.60. The molecule has 0 unspecified atom stereocenters. The Morgan fingerprint density at radius 1 is 1.23 bits per heavy atom. The number of nitrogens with one attached hydrogen (secondary N) is 1. The monoisotopic (exact) mass is 474 g/mol. The lowest BCUT2D eigenvalue weighted by atomic mass is 9.91. The van der Waals surface area contributed by atoms with Crippen LogP contribution in [0.4, 0.5) is 10.5 Å². The Hall–Kier alpha value is -3.27. The Morgan fingerprint density at radius 3 is 2.60 bits per heavy atom. The highest BCUT2D eigenvalue weighted by atomic mass is 79.9. The topological polar surface area (TPSA) is 113 Å². The van der Waals surface area contributed by atoms with E-state index >= 15 is 0 Å². The maximum atomic E-state index is 13.0. The summed E-state index contributed by atoms with van der Waals surface area (Å²) in [5, 5.41) is 13.6. The average molecular weight is 475 g/mol. The van der Waals surface area contributed by atoms with Crippen molar-refractivity contribution in [1.29, 1.82) is 0 Å². The first-order valence-electron chi connectivity index (χ1n) is 9.00. The maximum absolute atomic E-state index is 13.0. The van der Waals surface area contributed by atoms with E-state index in [-0.39, 0.29) is 11.3 Å². The number of hydrogen-bond donors (Lipinski definition) is 1. The van der Waals surface area contributed by atoms with Gasteiger partial charge in [0.15, 0.2) is 0 Å². The number of benzene rings is 2. The number of urea groups is 1. The van der Waals surface area contributed by atoms with E-state index in [1.54, 1.807) is 7.05 Å². The molecule has 1 aliphatic heterocycles. The Labute approximate surface area is 180 Å². The number of likely N-dealkylation sites (N-methyl/N-ethyl adjacent to an activating group) is 1. The number of imide groups is 1. The van der Waals surface area contributed by atoms with Crippen LogP contribution >= 0.6 is 15.9 Å². The first kappa shape index (κ1) is 21.4. The van der Waals surface area contributed by atoms with E-state index in [4.69, 9.17) is 0 Å². The van der Waals surface area contributed by atoms with Gasteiger partial charge in [-0.1, -0.05) is 46.3 Å². The van der Waals surface area contributed by atoms with Gasteiger partial charge in [0.25, 0.3) is 11.6 Å². The predicted octanol–water partition coefficient (Wildman–Crippen LogP) is 2.78. The summed E-state index contributed by atoms with van der Waals surface area (Å²) in [6.07, 6.45) is 0. The zero-order chi connectivity index (χ0) is 22.1. The van der Waals surface area contributed by atoms with Gasteiger partial charge in [-0.3, -0.25) is 24.6 Å². The maximum Gasteiger partial charge on any atom is 0.325 e. The van der Waals surface area contributed by atoms with Crippen LogP contribution in [0.5, 0.6) is 0 Å². The van der Waals surface area contributed by atoms with Crippen molar-refractivity contribution < 1.29 is 19.3 Å². The van der Waals surface area contributed by atoms with Gasteiger partial charge in [0.2, 0.25) is 5.91 Å². The van der Waals surface area contributed by atoms with Crippen molar-refractivity contribution in [2.24, 2.45) is 0 Å². The third kappa shape index (κ3) is 4.04. The SMILES string of the molecule is CN(Cc1ccccc1Br)C(=O)CN1C(=O)N[C@](C)(c2cccc([N+](=O)[O-])c2)C1=O. The van der Waals surface area contributed by atoms with Gasteiger partial charge in [-0.25, -0.2) is 4.79 Å². The van der Waals surface area contributed by atoms with Crippen molar-refractivity contribution >= 4 is 39.5 Å². The number of non-ortho nitro benzene ring substituents is 1. The quantitative estimate of drug-likeness (QED) is 0.392. The number of carbonyl (C=O) groups excluding carboxylic acids is 3. The molecule has 4 amide bonds. The molecule has 0 bridgehead atoms. The number of rotatable bonds is 6. The molecule has 1 fully saturated rings. The number of nitro benzene ring substituents is 1. The van der Waals surface area contributed by atoms with Crippen LogP contribution in [0, 0.1) is 10.1 Å². The van der Waals surface area contributed by atoms with Gasteiger partial charge < -0.3 is 10.2 Å². The smallest absolute Gasteiger partial charge is 0.325 e. The van der Waals surface area contributed by atoms with E-state index in [1.807, 2.05) is 24.3 Å². The standard InChI is InChI=1S/C20H19BrN4O5/c1-20(14-7-5-8-15(10-14)25(29)30)18(27)24(19(28)22-20)12-17(26)23(2)11-13-6-3-4-9-16(13)21/h3-10H,11-12H2,1-2H3,(H,22,28)/t20-/m1/s1. The third-order valence-corrected chi connectivity index (χ3v) is 5.77. The molecule has 0 radical (unpaired) electrons. The summed E-state index contributed by atoms with van der Waals surface area (Å²) in [4.78, 5) is 50.8. The van der Waals surface area contributed by atoms with Crippen molar-refractivity contribution in [2.75, 3.05) is 13.6 Å². The summed E-state index contributed by atoms with van der Waals surface area (Å²) in [7, 11) is 1.58. The highest BCUT2D eigenvalue weighted by Crippen LogP contribution is 2.31. The fourth-order valence-electron chi connectivity index (χ4n) is 3.19. The van der Waals surface area contributed by atoms with E-state index in [0.717, 1.165) is 14.9 Å². The Morgan fingerprint density at radius 2 is 1.93 bits per heavy atom. The molecule has 0 spiro atoms. The van der Waals surface area contributed by atoms with Crippen LogP contribution in [0.3, 0.4) is 0 Å². The van der Waals surface area contributed by atoms with Gasteiger partial charge in [-0.15, -0.1) is 0 Å². The molecule has 3 rings (SSSR count). The molecular weight excluding hydrogens is 456 g/mol. The number of halogens is 1. The summed E-state index contributed by atoms with van der Waals surface area (Å²) < 4.78 is 0.845. The molecule has 1 aliphatic rings. The van der Waals surface area contributed by atoms with Gasteiger partial charge in [-0.2, -0.15) is 0 Å². The summed E-state index contributed by atoms with van der Waals surface area (Å²) in [5.74, 6) is -1.06. The second-order valence-electron chi connectivity index (χ2n) is 7.10. The summed E-state index contributed by atoms with van der Waals surface area (Å²) in [6, 6.07) is 12.2. The minimum atomic E-state index is -1.50. The molecule has 2 aromatic rings. The van der Waals surface area contributed by atoms with Crippen molar-refractivity contribution in [3.8, 4) is 0 Å². The van der Waals surface area contributed by atoms with Crippen molar-refractivity contribution in [3.05, 3.63) is 74.2 Å². The normalized spacial score (nSPS) is 18.3. The highest BCUT2D eigenvalue weighted by Gasteiger charge is 2.50. The van der Waals surface area contributed by atoms with Gasteiger partial charge in [0.1, 0.15) is 12.1 Å². The molecule has 0 aromatic heterocycles. The van der Waals surface area contributed by atoms with Crippen LogP contribution in [0.1, 0.15) is 18.1 Å². The first-order chi connectivity index (χ1) is 14.1. The van der Waals surface area contributed by atoms with Gasteiger partial charge in [-0.05, 0) is 24.1 Å². The molecule has 0 aliphatic carbocycles. The van der Waals surface area contributed by atoms with Crippen LogP contribution in [0.25, 0.3) is 0 Å². The predicted molar refractivity (Wildman–Crippen MR) is 111 cm³/mol. The number of carbonyl (C=O) groups is 3. The van der Waals surface area contributed by atoms with Gasteiger partial charge in [0, 0.05) is 30.2 Å². The van der Waals surface area contributed by atoms with Crippen LogP contribution in [-0.4, -0.2) is 46.2 Å². The van der Waals surface area contributed by atoms with Gasteiger partial charge in [0.05, 0.1) is 4.92 Å². The van der Waals surface area contributed by atoms with Crippen LogP contribution in [-0.2, 0) is 21.7 Å². The van der Waals surface area contributed by atoms with E-state index in [2.05, 4.69) is 21.2 Å². The number of nitrogens with zero attached hydrogens (tertiary/aromatic N) is 3. The number of nitro groups is 1. The summed E-state index contributed by atoms with van der Waals surface area (Å²) >= 11 is 3.42. The van der Waals surface area contributed by atoms with Crippen LogP contribution in [0.15, 0.2) is 53.0 Å². The second-order valence-corrected chi connectivity index (χ2v) is 7.95. The van der Waals surface area contributed by atoms with E-state index in [0.29, 0.717) is 6.54 Å². The summed E-state index contributed by atoms with van der Waals surface area (Å²) in [5.41, 5.74) is -0.540. The zero-order valence-corrected chi connectivity index (χ0v) is 17.9. The minimum absolute atomic E-state index is 0.196. The second kappa shape index (κ2) is 8.23. The molecule has 10 heteroatoms. The fraction of sp³-hybridized carbons (Fsp3) is 0.250. The van der Waals surface area contributed by atoms with Crippen LogP contribution < -0.4 is 5.32 Å². The molecular formula is C20H19BrN4O5. The molecule has 1 saturated heterocycles. The molecule has 1 N–H and O–H groups in total. The average Bonchev–Trinajstić information content (AvgIpc) is 2.93. The largest absolute Gasteiger partial charge is 0.340 e. The molecule has 1 heterocycles. The molecule has 2 aromatic carbocycles. The molecule has 9 nitrogen and oxygen atoms in total. The minimum Gasteiger partial charge on any atom is -0.340 e. The third-order valence-electron chi connectivity index (χ3n) is 4.99. The van der Waals surface area contributed by atoms with E-state index in [9.17, 15) is 24.5 Å². The van der Waals surface area contributed by atoms with E-state index in [1.165, 1.54) is 36.1 Å². The molecule has 30 heavy (non-hydrogen) atoms. The number of hydrogen-bond acceptors (Lipinski definition) is 5. The summed E-state index contributed by atoms with van der Waals surface area (Å²) in [6.45, 7) is 1.32. The molecule has 156 valence electrons. The molecule has 0 saturated carbocycles. The van der Waals surface area contributed by atoms with Gasteiger partial charge >= 0.3 is 6.03 Å². The van der Waals surface area contributed by atoms with E-state index < -0.39 is 34.9 Å². The van der Waals surface area contributed by atoms with Crippen molar-refractivity contribution in [1.82, 2.24) is 15.1 Å². The lowest BCUT2D eigenvalue weighted by Crippen LogP contribution is -2.43. The lowest BCUT2D eigenvalue weighted by Gasteiger charge is -2.23. The number of amides is 4. The zero-order valence-electron chi connectivity index (χ0n) is 16.3. The highest BCUT2D eigenvalue weighted by molar-refractivity contribution is 9.10.